The molecule has 0 bridgehead atoms. The lowest BCUT2D eigenvalue weighted by Gasteiger charge is -2.23. The Morgan fingerprint density at radius 1 is 1.39 bits per heavy atom. The van der Waals surface area contributed by atoms with Gasteiger partial charge in [-0.1, -0.05) is 11.6 Å². The van der Waals surface area contributed by atoms with Gasteiger partial charge in [0.05, 0.1) is 12.6 Å². The number of hydrogen-bond donors (Lipinski definition) is 0. The summed E-state index contributed by atoms with van der Waals surface area (Å²) in [6.07, 6.45) is 0. The smallest absolute Gasteiger partial charge is 0.179 e. The number of ketones is 1. The second-order valence-corrected chi connectivity index (χ2v) is 4.66. The average molecular weight is 270 g/mol. The van der Waals surface area contributed by atoms with Crippen LogP contribution in [0.2, 0.25) is 5.02 Å². The fraction of sp³-hybridized carbons (Fsp3) is 0.500. The Morgan fingerprint density at radius 2 is 2.00 bits per heavy atom. The number of carbonyl (C=O) groups excluding carboxylic acids is 1. The second kappa shape index (κ2) is 7.52. The number of likely N-dealkylation sites (N-methyl/N-ethyl adjacent to an activating group) is 1. The van der Waals surface area contributed by atoms with Crippen LogP contribution in [-0.2, 0) is 4.74 Å². The van der Waals surface area contributed by atoms with E-state index in [-0.39, 0.29) is 11.8 Å². The first kappa shape index (κ1) is 15.2. The van der Waals surface area contributed by atoms with Gasteiger partial charge in [-0.3, -0.25) is 9.69 Å². The van der Waals surface area contributed by atoms with E-state index in [1.165, 1.54) is 0 Å². The van der Waals surface area contributed by atoms with Gasteiger partial charge in [-0.15, -0.1) is 0 Å². The first-order valence-electron chi connectivity index (χ1n) is 6.14. The predicted molar refractivity (Wildman–Crippen MR) is 74.4 cm³/mol. The maximum Gasteiger partial charge on any atom is 0.179 e. The fourth-order valence-electron chi connectivity index (χ4n) is 1.60. The normalized spacial score (nSPS) is 12.7. The molecule has 1 rings (SSSR count). The number of carbonyl (C=O) groups is 1. The minimum absolute atomic E-state index is 0.102. The van der Waals surface area contributed by atoms with Crippen LogP contribution in [-0.4, -0.2) is 43.5 Å². The number of hydrogen-bond acceptors (Lipinski definition) is 3. The minimum atomic E-state index is -0.161. The molecule has 0 saturated heterocycles. The standard InChI is InChI=1S/C14H20ClNO2/c1-4-18-10-9-16(3)11(2)14(17)12-5-7-13(15)8-6-12/h5-8,11H,4,9-10H2,1-3H3. The van der Waals surface area contributed by atoms with Gasteiger partial charge in [0.25, 0.3) is 0 Å². The van der Waals surface area contributed by atoms with Gasteiger partial charge in [-0.05, 0) is 45.2 Å². The zero-order valence-corrected chi connectivity index (χ0v) is 11.9. The molecule has 0 aliphatic carbocycles. The first-order chi connectivity index (χ1) is 8.56. The van der Waals surface area contributed by atoms with Crippen LogP contribution < -0.4 is 0 Å². The predicted octanol–water partition coefficient (Wildman–Crippen LogP) is 2.88. The Hall–Kier alpha value is -0.900. The van der Waals surface area contributed by atoms with Crippen molar-refractivity contribution in [3.8, 4) is 0 Å². The van der Waals surface area contributed by atoms with E-state index in [0.717, 1.165) is 6.54 Å². The molecule has 0 aliphatic rings. The summed E-state index contributed by atoms with van der Waals surface area (Å²) in [5, 5.41) is 0.643. The highest BCUT2D eigenvalue weighted by Gasteiger charge is 2.19. The molecule has 0 aliphatic heterocycles. The van der Waals surface area contributed by atoms with Gasteiger partial charge >= 0.3 is 0 Å². The maximum atomic E-state index is 12.2. The Labute approximate surface area is 114 Å². The Balaban J connectivity index is 2.57. The molecule has 1 aromatic carbocycles. The van der Waals surface area contributed by atoms with Crippen LogP contribution in [0.4, 0.5) is 0 Å². The first-order valence-corrected chi connectivity index (χ1v) is 6.51. The number of Topliss-reactive ketones (excluding diaryl/α,β-unsaturated/α-hetero) is 1. The van der Waals surface area contributed by atoms with Crippen LogP contribution in [0.15, 0.2) is 24.3 Å². The largest absolute Gasteiger partial charge is 0.380 e. The number of rotatable bonds is 7. The van der Waals surface area contributed by atoms with Gasteiger partial charge in [-0.2, -0.15) is 0 Å². The Morgan fingerprint density at radius 3 is 2.56 bits per heavy atom. The van der Waals surface area contributed by atoms with Crippen molar-refractivity contribution in [2.75, 3.05) is 26.8 Å². The molecule has 1 aromatic rings. The molecule has 0 N–H and O–H groups in total. The minimum Gasteiger partial charge on any atom is -0.380 e. The monoisotopic (exact) mass is 269 g/mol. The number of ether oxygens (including phenoxy) is 1. The fourth-order valence-corrected chi connectivity index (χ4v) is 1.73. The molecule has 0 radical (unpaired) electrons. The summed E-state index contributed by atoms with van der Waals surface area (Å²) in [7, 11) is 1.93. The van der Waals surface area contributed by atoms with Crippen LogP contribution in [0.5, 0.6) is 0 Å². The molecular weight excluding hydrogens is 250 g/mol. The highest BCUT2D eigenvalue weighted by molar-refractivity contribution is 6.30. The molecule has 4 heteroatoms. The molecule has 0 heterocycles. The number of benzene rings is 1. The van der Waals surface area contributed by atoms with E-state index in [9.17, 15) is 4.79 Å². The molecule has 1 unspecified atom stereocenters. The van der Waals surface area contributed by atoms with Gasteiger partial charge in [0, 0.05) is 23.7 Å². The lowest BCUT2D eigenvalue weighted by molar-refractivity contribution is 0.0789. The van der Waals surface area contributed by atoms with E-state index in [1.54, 1.807) is 24.3 Å². The zero-order chi connectivity index (χ0) is 13.5. The van der Waals surface area contributed by atoms with Crippen LogP contribution in [0, 0.1) is 0 Å². The van der Waals surface area contributed by atoms with Gasteiger partial charge in [0.2, 0.25) is 0 Å². The summed E-state index contributed by atoms with van der Waals surface area (Å²) in [5.74, 6) is 0.102. The van der Waals surface area contributed by atoms with Crippen molar-refractivity contribution >= 4 is 17.4 Å². The molecule has 0 fully saturated rings. The maximum absolute atomic E-state index is 12.2. The van der Waals surface area contributed by atoms with E-state index in [4.69, 9.17) is 16.3 Å². The molecule has 1 atom stereocenters. The lowest BCUT2D eigenvalue weighted by Crippen LogP contribution is -2.38. The Bertz CT molecular complexity index is 378. The van der Waals surface area contributed by atoms with E-state index in [0.29, 0.717) is 23.8 Å². The van der Waals surface area contributed by atoms with Crippen molar-refractivity contribution in [3.63, 3.8) is 0 Å². The van der Waals surface area contributed by atoms with Crippen molar-refractivity contribution in [2.24, 2.45) is 0 Å². The van der Waals surface area contributed by atoms with Crippen LogP contribution in [0.3, 0.4) is 0 Å². The summed E-state index contributed by atoms with van der Waals surface area (Å²) in [5.41, 5.74) is 0.690. The van der Waals surface area contributed by atoms with E-state index >= 15 is 0 Å². The SMILES string of the molecule is CCOCCN(C)C(C)C(=O)c1ccc(Cl)cc1. The highest BCUT2D eigenvalue weighted by Crippen LogP contribution is 2.12. The van der Waals surface area contributed by atoms with E-state index in [2.05, 4.69) is 0 Å². The van der Waals surface area contributed by atoms with E-state index < -0.39 is 0 Å². The molecule has 0 saturated carbocycles. The third-order valence-electron chi connectivity index (χ3n) is 2.96. The quantitative estimate of drug-likeness (QED) is 0.563. The lowest BCUT2D eigenvalue weighted by atomic mass is 10.0. The topological polar surface area (TPSA) is 29.5 Å². The third-order valence-corrected chi connectivity index (χ3v) is 3.21. The molecule has 0 spiro atoms. The van der Waals surface area contributed by atoms with Crippen molar-refractivity contribution in [1.29, 1.82) is 0 Å². The van der Waals surface area contributed by atoms with Crippen molar-refractivity contribution in [2.45, 2.75) is 19.9 Å². The van der Waals surface area contributed by atoms with Crippen LogP contribution in [0.1, 0.15) is 24.2 Å². The molecular formula is C14H20ClNO2. The summed E-state index contributed by atoms with van der Waals surface area (Å²) in [6, 6.07) is 6.84. The molecule has 0 amide bonds. The van der Waals surface area contributed by atoms with Crippen molar-refractivity contribution < 1.29 is 9.53 Å². The van der Waals surface area contributed by atoms with Gasteiger partial charge in [0.15, 0.2) is 5.78 Å². The summed E-state index contributed by atoms with van der Waals surface area (Å²) < 4.78 is 5.29. The van der Waals surface area contributed by atoms with Gasteiger partial charge < -0.3 is 4.74 Å². The second-order valence-electron chi connectivity index (χ2n) is 4.22. The third kappa shape index (κ3) is 4.41. The van der Waals surface area contributed by atoms with Crippen LogP contribution in [0.25, 0.3) is 0 Å². The number of halogens is 1. The van der Waals surface area contributed by atoms with Crippen molar-refractivity contribution in [3.05, 3.63) is 34.9 Å². The zero-order valence-electron chi connectivity index (χ0n) is 11.1. The van der Waals surface area contributed by atoms with E-state index in [1.807, 2.05) is 25.8 Å². The highest BCUT2D eigenvalue weighted by atomic mass is 35.5. The van der Waals surface area contributed by atoms with Crippen LogP contribution >= 0.6 is 11.6 Å². The Kier molecular flexibility index (Phi) is 6.33. The summed E-state index contributed by atoms with van der Waals surface area (Å²) >= 11 is 5.80. The molecule has 3 nitrogen and oxygen atoms in total. The average Bonchev–Trinajstić information content (AvgIpc) is 2.38. The summed E-state index contributed by atoms with van der Waals surface area (Å²) in [4.78, 5) is 14.2. The summed E-state index contributed by atoms with van der Waals surface area (Å²) in [6.45, 7) is 5.96. The van der Waals surface area contributed by atoms with Gasteiger partial charge in [-0.25, -0.2) is 0 Å². The molecule has 100 valence electrons. The number of nitrogens with zero attached hydrogens (tertiary/aromatic N) is 1. The molecule has 18 heavy (non-hydrogen) atoms. The van der Waals surface area contributed by atoms with Gasteiger partial charge in [0.1, 0.15) is 0 Å². The molecule has 0 aromatic heterocycles. The van der Waals surface area contributed by atoms with Crippen molar-refractivity contribution in [1.82, 2.24) is 4.90 Å².